The van der Waals surface area contributed by atoms with Crippen LogP contribution in [0.3, 0.4) is 0 Å². The molecule has 0 bridgehead atoms. The summed E-state index contributed by atoms with van der Waals surface area (Å²) in [6.45, 7) is 6.90. The highest BCUT2D eigenvalue weighted by Gasteiger charge is 2.30. The molecule has 0 spiro atoms. The average molecular weight is 241 g/mol. The summed E-state index contributed by atoms with van der Waals surface area (Å²) in [5.41, 5.74) is 5.22. The van der Waals surface area contributed by atoms with E-state index in [1.54, 1.807) is 4.90 Å². The molecular formula is C12H23N3O2. The lowest BCUT2D eigenvalue weighted by molar-refractivity contribution is -0.140. The van der Waals surface area contributed by atoms with Gasteiger partial charge in [-0.05, 0) is 40.0 Å². The molecular weight excluding hydrogens is 218 g/mol. The van der Waals surface area contributed by atoms with Crippen LogP contribution in [0.25, 0.3) is 0 Å². The van der Waals surface area contributed by atoms with E-state index in [9.17, 15) is 9.59 Å². The molecule has 0 aromatic heterocycles. The number of nitrogens with one attached hydrogen (secondary N) is 1. The minimum atomic E-state index is -0.419. The molecule has 1 aliphatic rings. The Bertz CT molecular complexity index is 297. The maximum atomic E-state index is 12.0. The van der Waals surface area contributed by atoms with E-state index in [0.29, 0.717) is 13.0 Å². The van der Waals surface area contributed by atoms with E-state index in [1.165, 1.54) is 0 Å². The number of amides is 2. The molecule has 0 aromatic carbocycles. The van der Waals surface area contributed by atoms with Gasteiger partial charge in [-0.1, -0.05) is 0 Å². The fourth-order valence-corrected chi connectivity index (χ4v) is 1.97. The van der Waals surface area contributed by atoms with Crippen molar-refractivity contribution in [2.45, 2.75) is 51.6 Å². The van der Waals surface area contributed by atoms with Crippen LogP contribution in [0.2, 0.25) is 0 Å². The maximum absolute atomic E-state index is 12.0. The minimum absolute atomic E-state index is 0.0385. The Morgan fingerprint density at radius 3 is 2.53 bits per heavy atom. The smallest absolute Gasteiger partial charge is 0.240 e. The first kappa shape index (κ1) is 14.0. The predicted molar refractivity (Wildman–Crippen MR) is 66.3 cm³/mol. The van der Waals surface area contributed by atoms with E-state index in [0.717, 1.165) is 12.8 Å². The molecule has 5 nitrogen and oxygen atoms in total. The summed E-state index contributed by atoms with van der Waals surface area (Å²) in [5, 5.41) is 3.14. The summed E-state index contributed by atoms with van der Waals surface area (Å²) in [6.07, 6.45) is 2.60. The van der Waals surface area contributed by atoms with Gasteiger partial charge in [0.25, 0.3) is 0 Å². The van der Waals surface area contributed by atoms with Crippen LogP contribution in [-0.4, -0.2) is 41.4 Å². The molecule has 1 rings (SSSR count). The van der Waals surface area contributed by atoms with Crippen LogP contribution in [0.4, 0.5) is 0 Å². The number of carbonyl (C=O) groups excluding carboxylic acids is 2. The second kappa shape index (κ2) is 5.49. The van der Waals surface area contributed by atoms with E-state index < -0.39 is 11.9 Å². The molecule has 1 saturated heterocycles. The topological polar surface area (TPSA) is 75.4 Å². The van der Waals surface area contributed by atoms with Crippen LogP contribution >= 0.6 is 0 Å². The lowest BCUT2D eigenvalue weighted by Gasteiger charge is -2.34. The van der Waals surface area contributed by atoms with Gasteiger partial charge in [0, 0.05) is 12.1 Å². The van der Waals surface area contributed by atoms with Crippen molar-refractivity contribution in [3.8, 4) is 0 Å². The Morgan fingerprint density at radius 2 is 2.00 bits per heavy atom. The van der Waals surface area contributed by atoms with E-state index in [-0.39, 0.29) is 18.0 Å². The van der Waals surface area contributed by atoms with Crippen LogP contribution in [-0.2, 0) is 9.59 Å². The van der Waals surface area contributed by atoms with Gasteiger partial charge in [0.1, 0.15) is 6.04 Å². The third kappa shape index (κ3) is 4.34. The summed E-state index contributed by atoms with van der Waals surface area (Å²) in [7, 11) is 0. The van der Waals surface area contributed by atoms with Crippen molar-refractivity contribution in [3.63, 3.8) is 0 Å². The summed E-state index contributed by atoms with van der Waals surface area (Å²) < 4.78 is 0. The van der Waals surface area contributed by atoms with Crippen LogP contribution in [0.5, 0.6) is 0 Å². The molecule has 1 unspecified atom stereocenters. The number of nitrogens with two attached hydrogens (primary N) is 1. The number of rotatable bonds is 3. The van der Waals surface area contributed by atoms with Crippen LogP contribution in [0, 0.1) is 0 Å². The van der Waals surface area contributed by atoms with Crippen molar-refractivity contribution in [2.24, 2.45) is 5.73 Å². The molecule has 1 heterocycles. The van der Waals surface area contributed by atoms with Gasteiger partial charge in [0.15, 0.2) is 0 Å². The maximum Gasteiger partial charge on any atom is 0.240 e. The summed E-state index contributed by atoms with van der Waals surface area (Å²) in [4.78, 5) is 24.9. The lowest BCUT2D eigenvalue weighted by Crippen LogP contribution is -2.54. The zero-order valence-electron chi connectivity index (χ0n) is 11.0. The van der Waals surface area contributed by atoms with Gasteiger partial charge in [0.05, 0.1) is 6.54 Å². The molecule has 1 fully saturated rings. The SMILES string of the molecule is CC(C)(C)NCC(=O)N1CCCCC1C(N)=O. The quantitative estimate of drug-likeness (QED) is 0.743. The molecule has 1 aliphatic heterocycles. The normalized spacial score (nSPS) is 21.4. The van der Waals surface area contributed by atoms with Gasteiger partial charge in [-0.15, -0.1) is 0 Å². The van der Waals surface area contributed by atoms with E-state index in [1.807, 2.05) is 20.8 Å². The highest BCUT2D eigenvalue weighted by molar-refractivity contribution is 5.87. The molecule has 0 radical (unpaired) electrons. The first-order chi connectivity index (χ1) is 7.81. The van der Waals surface area contributed by atoms with E-state index in [4.69, 9.17) is 5.73 Å². The predicted octanol–water partition coefficient (Wildman–Crippen LogP) is 0.241. The molecule has 0 aromatic rings. The van der Waals surface area contributed by atoms with Crippen molar-refractivity contribution in [3.05, 3.63) is 0 Å². The lowest BCUT2D eigenvalue weighted by atomic mass is 10.0. The second-order valence-corrected chi connectivity index (χ2v) is 5.60. The Balaban J connectivity index is 2.56. The second-order valence-electron chi connectivity index (χ2n) is 5.60. The number of likely N-dealkylation sites (tertiary alicyclic amines) is 1. The van der Waals surface area contributed by atoms with Crippen molar-refractivity contribution in [1.29, 1.82) is 0 Å². The van der Waals surface area contributed by atoms with Crippen LogP contribution in [0.15, 0.2) is 0 Å². The number of hydrogen-bond donors (Lipinski definition) is 2. The van der Waals surface area contributed by atoms with Gasteiger partial charge >= 0.3 is 0 Å². The number of piperidine rings is 1. The van der Waals surface area contributed by atoms with Crippen LogP contribution < -0.4 is 11.1 Å². The Labute approximate surface area is 103 Å². The first-order valence-electron chi connectivity index (χ1n) is 6.15. The molecule has 2 amide bonds. The Hall–Kier alpha value is -1.10. The van der Waals surface area contributed by atoms with Gasteiger partial charge in [-0.25, -0.2) is 0 Å². The number of nitrogens with zero attached hydrogens (tertiary/aromatic N) is 1. The fourth-order valence-electron chi connectivity index (χ4n) is 1.97. The molecule has 0 aliphatic carbocycles. The third-order valence-corrected chi connectivity index (χ3v) is 2.92. The minimum Gasteiger partial charge on any atom is -0.368 e. The number of primary amides is 1. The fraction of sp³-hybridized carbons (Fsp3) is 0.833. The van der Waals surface area contributed by atoms with Crippen LogP contribution in [0.1, 0.15) is 40.0 Å². The summed E-state index contributed by atoms with van der Waals surface area (Å²) >= 11 is 0. The van der Waals surface area contributed by atoms with E-state index in [2.05, 4.69) is 5.32 Å². The largest absolute Gasteiger partial charge is 0.368 e. The number of carbonyl (C=O) groups is 2. The van der Waals surface area contributed by atoms with Gasteiger partial charge in [-0.3, -0.25) is 9.59 Å². The first-order valence-corrected chi connectivity index (χ1v) is 6.15. The standard InChI is InChI=1S/C12H23N3O2/c1-12(2,3)14-8-10(16)15-7-5-4-6-9(15)11(13)17/h9,14H,4-8H2,1-3H3,(H2,13,17). The average Bonchev–Trinajstić information content (AvgIpc) is 2.25. The zero-order chi connectivity index (χ0) is 13.1. The summed E-state index contributed by atoms with van der Waals surface area (Å²) in [5.74, 6) is -0.433. The monoisotopic (exact) mass is 241 g/mol. The molecule has 3 N–H and O–H groups in total. The van der Waals surface area contributed by atoms with Gasteiger partial charge < -0.3 is 16.0 Å². The summed E-state index contributed by atoms with van der Waals surface area (Å²) in [6, 6.07) is -0.419. The van der Waals surface area contributed by atoms with Gasteiger partial charge in [-0.2, -0.15) is 0 Å². The van der Waals surface area contributed by atoms with Crippen molar-refractivity contribution in [2.75, 3.05) is 13.1 Å². The third-order valence-electron chi connectivity index (χ3n) is 2.92. The molecule has 1 atom stereocenters. The molecule has 17 heavy (non-hydrogen) atoms. The number of hydrogen-bond acceptors (Lipinski definition) is 3. The molecule has 5 heteroatoms. The Morgan fingerprint density at radius 1 is 1.35 bits per heavy atom. The highest BCUT2D eigenvalue weighted by atomic mass is 16.2. The molecule has 0 saturated carbocycles. The zero-order valence-corrected chi connectivity index (χ0v) is 11.0. The van der Waals surface area contributed by atoms with Crippen molar-refractivity contribution < 1.29 is 9.59 Å². The van der Waals surface area contributed by atoms with Crippen molar-refractivity contribution >= 4 is 11.8 Å². The molecule has 98 valence electrons. The van der Waals surface area contributed by atoms with Gasteiger partial charge in [0.2, 0.25) is 11.8 Å². The highest BCUT2D eigenvalue weighted by Crippen LogP contribution is 2.16. The van der Waals surface area contributed by atoms with Crippen molar-refractivity contribution in [1.82, 2.24) is 10.2 Å². The Kier molecular flexibility index (Phi) is 4.51. The van der Waals surface area contributed by atoms with E-state index >= 15 is 0 Å².